The largest absolute Gasteiger partial charge is 0.0702 e. The second kappa shape index (κ2) is 9.53. The molecule has 0 amide bonds. The van der Waals surface area contributed by atoms with Crippen LogP contribution in [0.2, 0.25) is 0 Å². The lowest BCUT2D eigenvalue weighted by Crippen LogP contribution is -2.23. The zero-order chi connectivity index (χ0) is 20.8. The lowest BCUT2D eigenvalue weighted by molar-refractivity contribution is 0.290. The van der Waals surface area contributed by atoms with Crippen LogP contribution in [-0.2, 0) is 32.1 Å². The van der Waals surface area contributed by atoms with Crippen molar-refractivity contribution in [2.24, 2.45) is 11.3 Å². The maximum absolute atomic E-state index is 3.07. The van der Waals surface area contributed by atoms with Crippen LogP contribution < -0.4 is 0 Å². The molecule has 3 aromatic carbocycles. The molecule has 0 aliphatic heterocycles. The Morgan fingerprint density at radius 3 is 1.90 bits per heavy atom. The fourth-order valence-corrected chi connectivity index (χ4v) is 5.46. The highest BCUT2D eigenvalue weighted by Crippen LogP contribution is 2.42. The maximum atomic E-state index is 3.07. The highest BCUT2D eigenvalue weighted by molar-refractivity contribution is 5.35. The van der Waals surface area contributed by atoms with Gasteiger partial charge < -0.3 is 0 Å². The molecule has 0 heteroatoms. The summed E-state index contributed by atoms with van der Waals surface area (Å²) in [5, 5.41) is 0. The average molecular weight is 395 g/mol. The SMILES string of the molecule is CCC1(Cc2cc#ccc2)Cc2ccccc2C1.CCCC1Cc2ccccc2C1. The molecule has 5 rings (SSSR count). The zero-order valence-electron chi connectivity index (χ0n) is 18.6. The third-order valence-electron chi connectivity index (χ3n) is 7.13. The molecule has 0 nitrogen and oxygen atoms in total. The van der Waals surface area contributed by atoms with E-state index in [-0.39, 0.29) is 0 Å². The molecule has 0 N–H and O–H groups in total. The van der Waals surface area contributed by atoms with E-state index in [1.165, 1.54) is 50.5 Å². The summed E-state index contributed by atoms with van der Waals surface area (Å²) in [5.41, 5.74) is 8.09. The lowest BCUT2D eigenvalue weighted by atomic mass is 9.77. The Balaban J connectivity index is 0.000000158. The van der Waals surface area contributed by atoms with Crippen molar-refractivity contribution in [3.8, 4) is 0 Å². The van der Waals surface area contributed by atoms with Crippen molar-refractivity contribution in [1.29, 1.82) is 0 Å². The average Bonchev–Trinajstić information content (AvgIpc) is 3.36. The van der Waals surface area contributed by atoms with Crippen LogP contribution in [0.25, 0.3) is 0 Å². The molecular weight excluding hydrogens is 360 g/mol. The first-order valence-electron chi connectivity index (χ1n) is 11.7. The minimum Gasteiger partial charge on any atom is -0.0702 e. The van der Waals surface area contributed by atoms with Gasteiger partial charge in [-0.3, -0.25) is 0 Å². The number of hydrogen-bond acceptors (Lipinski definition) is 0. The van der Waals surface area contributed by atoms with Gasteiger partial charge in [-0.1, -0.05) is 87.4 Å². The molecule has 2 aliphatic rings. The quantitative estimate of drug-likeness (QED) is 0.428. The molecule has 154 valence electrons. The van der Waals surface area contributed by atoms with Gasteiger partial charge in [0.05, 0.1) is 0 Å². The summed E-state index contributed by atoms with van der Waals surface area (Å²) in [4.78, 5) is 0. The van der Waals surface area contributed by atoms with Crippen LogP contribution in [0.1, 0.15) is 60.9 Å². The normalized spacial score (nSPS) is 16.2. The van der Waals surface area contributed by atoms with Gasteiger partial charge in [0.2, 0.25) is 0 Å². The minimum atomic E-state index is 0.416. The van der Waals surface area contributed by atoms with Crippen LogP contribution in [0.3, 0.4) is 0 Å². The van der Waals surface area contributed by atoms with Gasteiger partial charge >= 0.3 is 0 Å². The van der Waals surface area contributed by atoms with E-state index in [9.17, 15) is 0 Å². The molecule has 0 radical (unpaired) electrons. The van der Waals surface area contributed by atoms with E-state index in [0.717, 1.165) is 12.3 Å². The van der Waals surface area contributed by atoms with Crippen molar-refractivity contribution in [3.63, 3.8) is 0 Å². The van der Waals surface area contributed by atoms with Gasteiger partial charge in [-0.15, -0.1) is 0 Å². The molecule has 0 saturated carbocycles. The van der Waals surface area contributed by atoms with Crippen molar-refractivity contribution < 1.29 is 0 Å². The molecule has 0 bridgehead atoms. The smallest absolute Gasteiger partial charge is 0.00828 e. The Kier molecular flexibility index (Phi) is 6.59. The topological polar surface area (TPSA) is 0 Å². The summed E-state index contributed by atoms with van der Waals surface area (Å²) < 4.78 is 0. The van der Waals surface area contributed by atoms with E-state index in [4.69, 9.17) is 0 Å². The Bertz CT molecular complexity index is 887. The van der Waals surface area contributed by atoms with Crippen molar-refractivity contribution in [2.45, 2.75) is 65.2 Å². The third kappa shape index (κ3) is 4.79. The number of hydrogen-bond donors (Lipinski definition) is 0. The molecular formula is C30H34. The minimum absolute atomic E-state index is 0.416. The summed E-state index contributed by atoms with van der Waals surface area (Å²) >= 11 is 0. The van der Waals surface area contributed by atoms with E-state index >= 15 is 0 Å². The predicted molar refractivity (Wildman–Crippen MR) is 127 cm³/mol. The van der Waals surface area contributed by atoms with Gasteiger partial charge in [0.25, 0.3) is 0 Å². The fourth-order valence-electron chi connectivity index (χ4n) is 5.46. The number of rotatable bonds is 5. The van der Waals surface area contributed by atoms with Gasteiger partial charge in [-0.2, -0.15) is 0 Å². The Labute approximate surface area is 183 Å². The second-order valence-electron chi connectivity index (χ2n) is 9.33. The molecule has 0 aromatic heterocycles. The van der Waals surface area contributed by atoms with Gasteiger partial charge in [0.1, 0.15) is 0 Å². The molecule has 0 fully saturated rings. The Morgan fingerprint density at radius 1 is 0.800 bits per heavy atom. The molecule has 0 spiro atoms. The van der Waals surface area contributed by atoms with Gasteiger partial charge in [-0.05, 0) is 95.9 Å². The molecule has 30 heavy (non-hydrogen) atoms. The fraction of sp³-hybridized carbons (Fsp3) is 0.400. The Morgan fingerprint density at radius 2 is 1.40 bits per heavy atom. The van der Waals surface area contributed by atoms with Gasteiger partial charge in [0.15, 0.2) is 0 Å². The molecule has 0 atom stereocenters. The van der Waals surface area contributed by atoms with E-state index < -0.39 is 0 Å². The van der Waals surface area contributed by atoms with E-state index in [1.807, 2.05) is 6.07 Å². The highest BCUT2D eigenvalue weighted by Gasteiger charge is 2.35. The first-order valence-corrected chi connectivity index (χ1v) is 11.7. The van der Waals surface area contributed by atoms with Crippen LogP contribution in [0.15, 0.2) is 66.7 Å². The molecule has 3 aromatic rings. The van der Waals surface area contributed by atoms with Crippen molar-refractivity contribution >= 4 is 0 Å². The van der Waals surface area contributed by atoms with Crippen molar-refractivity contribution in [2.75, 3.05) is 0 Å². The molecule has 2 aliphatic carbocycles. The standard InChI is InChI=1S/C18H18.C12H16/c1-2-18(12-15-8-4-3-5-9-15)13-16-10-6-7-11-17(16)14-18;1-2-5-10-8-11-6-3-4-7-12(11)9-10/h4,6-11H,2,12-14H2,1H3;3-4,6-7,10H,2,5,8-9H2,1H3. The number of benzene rings is 2. The summed E-state index contributed by atoms with van der Waals surface area (Å²) in [6.07, 6.45) is 10.2. The van der Waals surface area contributed by atoms with Gasteiger partial charge in [-0.25, -0.2) is 0 Å². The van der Waals surface area contributed by atoms with Crippen molar-refractivity contribution in [1.82, 2.24) is 0 Å². The number of fused-ring (bicyclic) bond motifs is 2. The monoisotopic (exact) mass is 394 g/mol. The van der Waals surface area contributed by atoms with Crippen LogP contribution in [0.5, 0.6) is 0 Å². The molecule has 0 heterocycles. The third-order valence-corrected chi connectivity index (χ3v) is 7.13. The van der Waals surface area contributed by atoms with Crippen LogP contribution >= 0.6 is 0 Å². The summed E-state index contributed by atoms with van der Waals surface area (Å²) in [6.45, 7) is 4.60. The molecule has 0 unspecified atom stereocenters. The summed E-state index contributed by atoms with van der Waals surface area (Å²) in [5.74, 6) is 0.937. The predicted octanol–water partition coefficient (Wildman–Crippen LogP) is 7.23. The van der Waals surface area contributed by atoms with E-state index in [2.05, 4.69) is 86.6 Å². The van der Waals surface area contributed by atoms with Crippen LogP contribution in [0, 0.1) is 23.5 Å². The first kappa shape index (κ1) is 20.7. The second-order valence-corrected chi connectivity index (χ2v) is 9.33. The van der Waals surface area contributed by atoms with Crippen LogP contribution in [-0.4, -0.2) is 0 Å². The van der Waals surface area contributed by atoms with Crippen molar-refractivity contribution in [3.05, 3.63) is 107 Å². The zero-order valence-corrected chi connectivity index (χ0v) is 18.6. The molecule has 0 saturated heterocycles. The summed E-state index contributed by atoms with van der Waals surface area (Å²) in [7, 11) is 0. The Hall–Kier alpha value is -2.52. The van der Waals surface area contributed by atoms with Gasteiger partial charge in [0, 0.05) is 0 Å². The summed E-state index contributed by atoms with van der Waals surface area (Å²) in [6, 6.07) is 30.1. The van der Waals surface area contributed by atoms with E-state index in [1.54, 1.807) is 22.3 Å². The van der Waals surface area contributed by atoms with E-state index in [0.29, 0.717) is 5.41 Å². The lowest BCUT2D eigenvalue weighted by Gasteiger charge is -2.27. The highest BCUT2D eigenvalue weighted by atomic mass is 14.4. The first-order chi connectivity index (χ1) is 14.7. The maximum Gasteiger partial charge on any atom is -0.00828 e. The van der Waals surface area contributed by atoms with Crippen LogP contribution in [0.4, 0.5) is 0 Å².